The molecule has 1 aliphatic rings. The maximum Gasteiger partial charge on any atom is 0.322 e. The molecule has 0 fully saturated rings. The number of hydrogen-bond acceptors (Lipinski definition) is 9. The Morgan fingerprint density at radius 2 is 1.82 bits per heavy atom. The van der Waals surface area contributed by atoms with Gasteiger partial charge >= 0.3 is 6.01 Å². The van der Waals surface area contributed by atoms with Crippen molar-refractivity contribution in [2.75, 3.05) is 31.4 Å². The van der Waals surface area contributed by atoms with Gasteiger partial charge in [0.05, 0.1) is 24.2 Å². The summed E-state index contributed by atoms with van der Waals surface area (Å²) in [5.41, 5.74) is 0.893. The molecule has 174 valence electrons. The zero-order chi connectivity index (χ0) is 23.3. The van der Waals surface area contributed by atoms with Gasteiger partial charge in [0.1, 0.15) is 19.0 Å². The summed E-state index contributed by atoms with van der Waals surface area (Å²) in [7, 11) is -1.99. The summed E-state index contributed by atoms with van der Waals surface area (Å²) < 4.78 is 46.4. The van der Waals surface area contributed by atoms with Gasteiger partial charge < -0.3 is 18.6 Å². The molecule has 0 unspecified atom stereocenters. The number of aromatic nitrogens is 2. The maximum atomic E-state index is 12.4. The van der Waals surface area contributed by atoms with E-state index in [4.69, 9.17) is 18.6 Å². The lowest BCUT2D eigenvalue weighted by Crippen LogP contribution is -2.15. The molecule has 0 spiro atoms. The zero-order valence-electron chi connectivity index (χ0n) is 17.9. The SMILES string of the molecule is COc1ccc(S(=O)(=O)CCCC(=O)Nc2nnc(Cc3ccc4c(c3)OCCO4)o2)cc1. The summed E-state index contributed by atoms with van der Waals surface area (Å²) in [5, 5.41) is 10.3. The monoisotopic (exact) mass is 473 g/mol. The number of amides is 1. The van der Waals surface area contributed by atoms with Crippen molar-refractivity contribution in [3.63, 3.8) is 0 Å². The molecule has 1 aromatic heterocycles. The largest absolute Gasteiger partial charge is 0.497 e. The van der Waals surface area contributed by atoms with Gasteiger partial charge in [-0.3, -0.25) is 10.1 Å². The molecule has 10 nitrogen and oxygen atoms in total. The Hall–Kier alpha value is -3.60. The molecule has 2 heterocycles. The zero-order valence-corrected chi connectivity index (χ0v) is 18.8. The highest BCUT2D eigenvalue weighted by atomic mass is 32.2. The van der Waals surface area contributed by atoms with Crippen LogP contribution >= 0.6 is 0 Å². The van der Waals surface area contributed by atoms with Crippen LogP contribution in [0.1, 0.15) is 24.3 Å². The number of carbonyl (C=O) groups is 1. The maximum absolute atomic E-state index is 12.4. The highest BCUT2D eigenvalue weighted by Crippen LogP contribution is 2.31. The van der Waals surface area contributed by atoms with E-state index in [0.717, 1.165) is 5.56 Å². The molecule has 4 rings (SSSR count). The van der Waals surface area contributed by atoms with Crippen LogP contribution in [0.25, 0.3) is 0 Å². The lowest BCUT2D eigenvalue weighted by Gasteiger charge is -2.18. The molecular weight excluding hydrogens is 450 g/mol. The molecule has 0 aliphatic carbocycles. The smallest absolute Gasteiger partial charge is 0.322 e. The first kappa shape index (κ1) is 22.6. The minimum Gasteiger partial charge on any atom is -0.497 e. The summed E-state index contributed by atoms with van der Waals surface area (Å²) in [5.74, 6) is 1.68. The normalized spacial score (nSPS) is 12.9. The van der Waals surface area contributed by atoms with Crippen LogP contribution in [0, 0.1) is 0 Å². The fraction of sp³-hybridized carbons (Fsp3) is 0.318. The predicted octanol–water partition coefficient (Wildman–Crippen LogP) is 2.63. The highest BCUT2D eigenvalue weighted by Gasteiger charge is 2.17. The minimum atomic E-state index is -3.50. The second-order valence-corrected chi connectivity index (χ2v) is 9.41. The van der Waals surface area contributed by atoms with Gasteiger partial charge in [0, 0.05) is 6.42 Å². The number of nitrogens with one attached hydrogen (secondary N) is 1. The summed E-state index contributed by atoms with van der Waals surface area (Å²) in [6.45, 7) is 1.01. The first-order chi connectivity index (χ1) is 15.9. The number of benzene rings is 2. The summed E-state index contributed by atoms with van der Waals surface area (Å²) in [6, 6.07) is 11.6. The van der Waals surface area contributed by atoms with Gasteiger partial charge in [0.25, 0.3) is 0 Å². The molecule has 0 atom stereocenters. The van der Waals surface area contributed by atoms with Crippen molar-refractivity contribution in [2.24, 2.45) is 0 Å². The molecule has 11 heteroatoms. The third-order valence-corrected chi connectivity index (χ3v) is 6.73. The Labute approximate surface area is 190 Å². The van der Waals surface area contributed by atoms with Crippen LogP contribution in [0.4, 0.5) is 6.01 Å². The van der Waals surface area contributed by atoms with Crippen LogP contribution in [0.2, 0.25) is 0 Å². The van der Waals surface area contributed by atoms with Gasteiger partial charge in [-0.1, -0.05) is 11.2 Å². The van der Waals surface area contributed by atoms with E-state index < -0.39 is 15.7 Å². The van der Waals surface area contributed by atoms with Crippen molar-refractivity contribution in [3.05, 3.63) is 53.9 Å². The highest BCUT2D eigenvalue weighted by molar-refractivity contribution is 7.91. The van der Waals surface area contributed by atoms with Gasteiger partial charge in [0.2, 0.25) is 11.8 Å². The van der Waals surface area contributed by atoms with Crippen molar-refractivity contribution in [2.45, 2.75) is 24.2 Å². The molecule has 2 aromatic carbocycles. The molecule has 0 saturated carbocycles. The van der Waals surface area contributed by atoms with Crippen molar-refractivity contribution >= 4 is 21.8 Å². The Kier molecular flexibility index (Phi) is 6.78. The molecule has 0 saturated heterocycles. The summed E-state index contributed by atoms with van der Waals surface area (Å²) in [6.07, 6.45) is 0.507. The van der Waals surface area contributed by atoms with E-state index in [1.165, 1.54) is 19.2 Å². The van der Waals surface area contributed by atoms with Crippen molar-refractivity contribution in [3.8, 4) is 17.2 Å². The average molecular weight is 474 g/mol. The number of rotatable bonds is 9. The fourth-order valence-corrected chi connectivity index (χ4v) is 4.56. The van der Waals surface area contributed by atoms with Crippen molar-refractivity contribution in [1.29, 1.82) is 0 Å². The van der Waals surface area contributed by atoms with Crippen LogP contribution in [0.15, 0.2) is 51.8 Å². The topological polar surface area (TPSA) is 130 Å². The van der Waals surface area contributed by atoms with E-state index in [1.54, 1.807) is 12.1 Å². The van der Waals surface area contributed by atoms with E-state index >= 15 is 0 Å². The second-order valence-electron chi connectivity index (χ2n) is 7.30. The molecule has 1 aliphatic heterocycles. The first-order valence-electron chi connectivity index (χ1n) is 10.3. The lowest BCUT2D eigenvalue weighted by molar-refractivity contribution is -0.116. The van der Waals surface area contributed by atoms with Gasteiger partial charge in [-0.2, -0.15) is 0 Å². The number of carbonyl (C=O) groups excluding carboxylic acids is 1. The van der Waals surface area contributed by atoms with Crippen LogP contribution in [-0.4, -0.2) is 50.6 Å². The molecule has 3 aromatic rings. The number of nitrogens with zero attached hydrogens (tertiary/aromatic N) is 2. The van der Waals surface area contributed by atoms with E-state index in [9.17, 15) is 13.2 Å². The van der Waals surface area contributed by atoms with Crippen LogP contribution in [-0.2, 0) is 21.1 Å². The molecule has 0 bridgehead atoms. The lowest BCUT2D eigenvalue weighted by atomic mass is 10.1. The van der Waals surface area contributed by atoms with E-state index in [1.807, 2.05) is 18.2 Å². The Bertz CT molecular complexity index is 1220. The Morgan fingerprint density at radius 3 is 2.58 bits per heavy atom. The Morgan fingerprint density at radius 1 is 1.06 bits per heavy atom. The number of hydrogen-bond donors (Lipinski definition) is 1. The van der Waals surface area contributed by atoms with Gasteiger partial charge in [-0.05, 0) is 48.4 Å². The standard InChI is InChI=1S/C22H23N3O7S/c1-29-16-5-7-17(8-6-16)33(27,28)12-2-3-20(26)23-22-25-24-21(32-22)14-15-4-9-18-19(13-15)31-11-10-30-18/h4-9,13H,2-3,10-12,14H2,1H3,(H,23,25,26). The van der Waals surface area contributed by atoms with Gasteiger partial charge in [0.15, 0.2) is 21.3 Å². The number of methoxy groups -OCH3 is 1. The van der Waals surface area contributed by atoms with E-state index in [0.29, 0.717) is 42.8 Å². The van der Waals surface area contributed by atoms with Crippen molar-refractivity contribution in [1.82, 2.24) is 10.2 Å². The molecular formula is C22H23N3O7S. The summed E-state index contributed by atoms with van der Waals surface area (Å²) in [4.78, 5) is 12.4. The molecule has 1 N–H and O–H groups in total. The van der Waals surface area contributed by atoms with Crippen LogP contribution < -0.4 is 19.5 Å². The molecule has 1 amide bonds. The first-order valence-corrected chi connectivity index (χ1v) is 12.0. The van der Waals surface area contributed by atoms with Crippen LogP contribution in [0.3, 0.4) is 0 Å². The fourth-order valence-electron chi connectivity index (χ4n) is 3.25. The quantitative estimate of drug-likeness (QED) is 0.498. The van der Waals surface area contributed by atoms with Crippen LogP contribution in [0.5, 0.6) is 17.2 Å². The van der Waals surface area contributed by atoms with E-state index in [2.05, 4.69) is 15.5 Å². The van der Waals surface area contributed by atoms with Gasteiger partial charge in [-0.25, -0.2) is 8.42 Å². The number of ether oxygens (including phenoxy) is 3. The number of anilines is 1. The molecule has 0 radical (unpaired) electrons. The van der Waals surface area contributed by atoms with E-state index in [-0.39, 0.29) is 29.5 Å². The predicted molar refractivity (Wildman–Crippen MR) is 117 cm³/mol. The minimum absolute atomic E-state index is 0.00470. The molecule has 33 heavy (non-hydrogen) atoms. The third-order valence-electron chi connectivity index (χ3n) is 4.91. The number of fused-ring (bicyclic) bond motifs is 1. The second kappa shape index (κ2) is 9.90. The Balaban J connectivity index is 1.26. The average Bonchev–Trinajstić information content (AvgIpc) is 3.25. The van der Waals surface area contributed by atoms with Gasteiger partial charge in [-0.15, -0.1) is 5.10 Å². The number of sulfone groups is 1. The summed E-state index contributed by atoms with van der Waals surface area (Å²) >= 11 is 0. The third kappa shape index (κ3) is 5.80. The van der Waals surface area contributed by atoms with Crippen molar-refractivity contribution < 1.29 is 31.8 Å².